The van der Waals surface area contributed by atoms with Crippen molar-refractivity contribution in [3.05, 3.63) is 48.0 Å². The average molecular weight is 368 g/mol. The largest absolute Gasteiger partial charge is 0.454 e. The van der Waals surface area contributed by atoms with E-state index in [4.69, 9.17) is 9.47 Å². The number of hydrogen-bond acceptors (Lipinski definition) is 5. The molecule has 3 fully saturated rings. The summed E-state index contributed by atoms with van der Waals surface area (Å²) < 4.78 is 11.6. The molecule has 7 nitrogen and oxygen atoms in total. The van der Waals surface area contributed by atoms with E-state index in [1.165, 1.54) is 0 Å². The lowest BCUT2D eigenvalue weighted by atomic mass is 9.78. The van der Waals surface area contributed by atoms with Gasteiger partial charge in [-0.05, 0) is 30.9 Å². The number of carbonyl (C=O) groups is 3. The molecule has 3 aliphatic carbocycles. The first-order valence-electron chi connectivity index (χ1n) is 9.34. The van der Waals surface area contributed by atoms with Crippen LogP contribution < -0.4 is 0 Å². The molecule has 2 aromatic rings. The van der Waals surface area contributed by atoms with Gasteiger partial charge in [0.25, 0.3) is 0 Å². The number of fused-ring (bicyclic) bond motifs is 5. The van der Waals surface area contributed by atoms with Gasteiger partial charge in [-0.1, -0.05) is 0 Å². The highest BCUT2D eigenvalue weighted by atomic mass is 16.6. The fourth-order valence-electron chi connectivity index (χ4n) is 5.36. The number of aromatic amines is 2. The Bertz CT molecular complexity index is 872. The predicted octanol–water partition coefficient (Wildman–Crippen LogP) is 2.34. The smallest absolute Gasteiger partial charge is 0.340 e. The summed E-state index contributed by atoms with van der Waals surface area (Å²) in [6, 6.07) is 3.29. The van der Waals surface area contributed by atoms with Crippen molar-refractivity contribution in [1.82, 2.24) is 9.97 Å². The summed E-state index contributed by atoms with van der Waals surface area (Å²) >= 11 is 0. The van der Waals surface area contributed by atoms with Gasteiger partial charge in [-0.15, -0.1) is 0 Å². The van der Waals surface area contributed by atoms with Crippen molar-refractivity contribution in [1.29, 1.82) is 0 Å². The third kappa shape index (κ3) is 2.52. The van der Waals surface area contributed by atoms with Crippen molar-refractivity contribution in [2.75, 3.05) is 0 Å². The van der Waals surface area contributed by atoms with Gasteiger partial charge in [0, 0.05) is 49.0 Å². The first-order chi connectivity index (χ1) is 13.1. The summed E-state index contributed by atoms with van der Waals surface area (Å²) in [6.45, 7) is 0. The molecule has 5 rings (SSSR count). The highest BCUT2D eigenvalue weighted by Crippen LogP contribution is 2.59. The van der Waals surface area contributed by atoms with Crippen LogP contribution in [0.1, 0.15) is 40.0 Å². The first kappa shape index (κ1) is 16.4. The Morgan fingerprint density at radius 2 is 1.48 bits per heavy atom. The highest BCUT2D eigenvalue weighted by Gasteiger charge is 2.64. The van der Waals surface area contributed by atoms with Gasteiger partial charge in [0.1, 0.15) is 18.0 Å². The number of nitrogens with one attached hydrogen (secondary N) is 2. The topological polar surface area (TPSA) is 101 Å². The lowest BCUT2D eigenvalue weighted by Gasteiger charge is -2.36. The molecular weight excluding hydrogens is 348 g/mol. The molecule has 0 aromatic carbocycles. The fraction of sp³-hybridized carbons (Fsp3) is 0.450. The van der Waals surface area contributed by atoms with Gasteiger partial charge in [0.05, 0.1) is 11.1 Å². The van der Waals surface area contributed by atoms with Crippen LogP contribution >= 0.6 is 0 Å². The van der Waals surface area contributed by atoms with E-state index in [2.05, 4.69) is 9.97 Å². The van der Waals surface area contributed by atoms with Crippen LogP contribution in [0.4, 0.5) is 0 Å². The molecule has 6 atom stereocenters. The van der Waals surface area contributed by atoms with Gasteiger partial charge in [-0.3, -0.25) is 4.79 Å². The molecule has 2 N–H and O–H groups in total. The molecule has 6 unspecified atom stereocenters. The van der Waals surface area contributed by atoms with Gasteiger partial charge >= 0.3 is 11.9 Å². The maximum atomic E-state index is 12.5. The third-order valence-electron chi connectivity index (χ3n) is 6.43. The van der Waals surface area contributed by atoms with Crippen LogP contribution in [0.15, 0.2) is 36.9 Å². The lowest BCUT2D eigenvalue weighted by Crippen LogP contribution is -2.46. The zero-order chi connectivity index (χ0) is 18.5. The van der Waals surface area contributed by atoms with Crippen LogP contribution in [0, 0.1) is 23.7 Å². The van der Waals surface area contributed by atoms with Crippen molar-refractivity contribution in [3.8, 4) is 0 Å². The zero-order valence-corrected chi connectivity index (χ0v) is 14.6. The number of Topliss-reactive ketones (excluding diaryl/α,β-unsaturated/α-hetero) is 1. The number of rotatable bonds is 4. The monoisotopic (exact) mass is 368 g/mol. The molecule has 0 radical (unpaired) electrons. The fourth-order valence-corrected chi connectivity index (χ4v) is 5.36. The minimum absolute atomic E-state index is 0.0677. The molecule has 0 aliphatic heterocycles. The number of ether oxygens (including phenoxy) is 2. The highest BCUT2D eigenvalue weighted by molar-refractivity contribution is 5.90. The van der Waals surface area contributed by atoms with E-state index in [0.717, 1.165) is 12.8 Å². The standard InChI is InChI=1S/C20H20N2O5/c23-15-2-1-12-13-7-14(16(12)15)18(27-20(25)11-4-6-22-9-11)17(13)26-19(24)10-3-5-21-8-10/h3-6,8-9,12-14,16-18,21-22H,1-2,7H2. The molecule has 140 valence electrons. The normalized spacial score (nSPS) is 33.9. The Morgan fingerprint density at radius 1 is 0.889 bits per heavy atom. The molecule has 2 heterocycles. The van der Waals surface area contributed by atoms with E-state index in [1.54, 1.807) is 36.9 Å². The molecule has 0 saturated heterocycles. The minimum atomic E-state index is -0.580. The zero-order valence-electron chi connectivity index (χ0n) is 14.6. The average Bonchev–Trinajstić information content (AvgIpc) is 3.45. The number of esters is 2. The minimum Gasteiger partial charge on any atom is -0.454 e. The molecule has 3 aliphatic rings. The van der Waals surface area contributed by atoms with E-state index in [9.17, 15) is 14.4 Å². The number of ketones is 1. The van der Waals surface area contributed by atoms with Crippen molar-refractivity contribution >= 4 is 17.7 Å². The Kier molecular flexibility index (Phi) is 3.70. The molecule has 3 saturated carbocycles. The van der Waals surface area contributed by atoms with E-state index in [1.807, 2.05) is 0 Å². The molecule has 27 heavy (non-hydrogen) atoms. The second kappa shape index (κ2) is 6.11. The van der Waals surface area contributed by atoms with E-state index in [0.29, 0.717) is 17.5 Å². The van der Waals surface area contributed by atoms with Crippen molar-refractivity contribution < 1.29 is 23.9 Å². The summed E-state index contributed by atoms with van der Waals surface area (Å²) in [5.74, 6) is -0.475. The van der Waals surface area contributed by atoms with Crippen molar-refractivity contribution in [2.24, 2.45) is 23.7 Å². The van der Waals surface area contributed by atoms with Crippen LogP contribution in [0.25, 0.3) is 0 Å². The van der Waals surface area contributed by atoms with E-state index in [-0.39, 0.29) is 29.5 Å². The molecule has 7 heteroatoms. The van der Waals surface area contributed by atoms with E-state index >= 15 is 0 Å². The number of carbonyl (C=O) groups excluding carboxylic acids is 3. The summed E-state index contributed by atoms with van der Waals surface area (Å²) in [6.07, 6.45) is 7.54. The quantitative estimate of drug-likeness (QED) is 0.807. The van der Waals surface area contributed by atoms with Crippen LogP contribution in [0.2, 0.25) is 0 Å². The van der Waals surface area contributed by atoms with Gasteiger partial charge in [0.2, 0.25) is 0 Å². The van der Waals surface area contributed by atoms with Gasteiger partial charge in [-0.25, -0.2) is 9.59 Å². The Hall–Kier alpha value is -2.83. The number of hydrogen-bond donors (Lipinski definition) is 2. The van der Waals surface area contributed by atoms with Crippen molar-refractivity contribution in [3.63, 3.8) is 0 Å². The second-order valence-electron chi connectivity index (χ2n) is 7.70. The number of H-pyrrole nitrogens is 2. The van der Waals surface area contributed by atoms with Crippen LogP contribution in [-0.2, 0) is 14.3 Å². The van der Waals surface area contributed by atoms with Crippen molar-refractivity contribution in [2.45, 2.75) is 31.5 Å². The van der Waals surface area contributed by atoms with Crippen LogP contribution in [0.5, 0.6) is 0 Å². The SMILES string of the molecule is O=C(OC1C2CC(C1OC(=O)c1cc[nH]c1)C1C(=O)CCC21)c1cc[nH]c1. The Labute approximate surface area is 155 Å². The Balaban J connectivity index is 1.41. The predicted molar refractivity (Wildman–Crippen MR) is 92.8 cm³/mol. The third-order valence-corrected chi connectivity index (χ3v) is 6.43. The number of aromatic nitrogens is 2. The lowest BCUT2D eigenvalue weighted by molar-refractivity contribution is -0.127. The summed E-state index contributed by atoms with van der Waals surface area (Å²) in [4.78, 5) is 43.0. The van der Waals surface area contributed by atoms with Crippen LogP contribution in [-0.4, -0.2) is 39.9 Å². The molecule has 2 aromatic heterocycles. The maximum Gasteiger partial charge on any atom is 0.340 e. The summed E-state index contributed by atoms with van der Waals surface area (Å²) in [7, 11) is 0. The maximum absolute atomic E-state index is 12.5. The van der Waals surface area contributed by atoms with Crippen LogP contribution in [0.3, 0.4) is 0 Å². The van der Waals surface area contributed by atoms with Gasteiger partial charge in [0.15, 0.2) is 0 Å². The summed E-state index contributed by atoms with van der Waals surface area (Å²) in [5.41, 5.74) is 0.857. The molecule has 0 spiro atoms. The molecule has 2 bridgehead atoms. The molecule has 0 amide bonds. The van der Waals surface area contributed by atoms with Gasteiger partial charge < -0.3 is 19.4 Å². The second-order valence-corrected chi connectivity index (χ2v) is 7.70. The van der Waals surface area contributed by atoms with E-state index < -0.39 is 24.1 Å². The Morgan fingerprint density at radius 3 is 2.04 bits per heavy atom. The first-order valence-corrected chi connectivity index (χ1v) is 9.34. The summed E-state index contributed by atoms with van der Waals surface area (Å²) in [5, 5.41) is 0. The molecular formula is C20H20N2O5. The van der Waals surface area contributed by atoms with Gasteiger partial charge in [-0.2, -0.15) is 0 Å².